The molecule has 0 N–H and O–H groups in total. The molecular formula is C37H36N3Si. The van der Waals surface area contributed by atoms with E-state index in [1.54, 1.807) is 5.19 Å². The summed E-state index contributed by atoms with van der Waals surface area (Å²) in [6.45, 7) is 0.687. The molecule has 2 heterocycles. The number of hydrogen-bond acceptors (Lipinski definition) is 3. The van der Waals surface area contributed by atoms with Crippen molar-refractivity contribution in [2.45, 2.75) is 49.6 Å². The fourth-order valence-electron chi connectivity index (χ4n) is 7.47. The lowest BCUT2D eigenvalue weighted by molar-refractivity contribution is 0.449. The average Bonchev–Trinajstić information content (AvgIpc) is 3.04. The molecule has 7 rings (SSSR count). The Labute approximate surface area is 246 Å². The van der Waals surface area contributed by atoms with E-state index in [-0.39, 0.29) is 0 Å². The van der Waals surface area contributed by atoms with Crippen molar-refractivity contribution in [3.05, 3.63) is 132 Å². The Kier molecular flexibility index (Phi) is 6.98. The number of para-hydroxylation sites is 2. The standard InChI is InChI=1S/C37H36N3Si/c1-39-26-27(25-38)22-23-32(39)29-13-11-12-28(24-29)31-16-5-6-17-33(31)40-34-18-7-9-20-36(34)41(30-14-3-2-4-15-30)37-21-10-8-19-35(37)40/h2-9,14-20,22-24,28,35,37H,10-13,21,26H2,1H3. The summed E-state index contributed by atoms with van der Waals surface area (Å²) in [6, 6.07) is 32.4. The lowest BCUT2D eigenvalue weighted by Gasteiger charge is -2.48. The predicted octanol–water partition coefficient (Wildman–Crippen LogP) is 7.01. The van der Waals surface area contributed by atoms with Crippen LogP contribution in [0.4, 0.5) is 11.4 Å². The van der Waals surface area contributed by atoms with E-state index in [0.717, 1.165) is 18.4 Å². The van der Waals surface area contributed by atoms with Crippen molar-refractivity contribution in [2.24, 2.45) is 0 Å². The van der Waals surface area contributed by atoms with Crippen LogP contribution in [0.2, 0.25) is 5.54 Å². The molecule has 3 nitrogen and oxygen atoms in total. The Morgan fingerprint density at radius 1 is 0.878 bits per heavy atom. The summed E-state index contributed by atoms with van der Waals surface area (Å²) in [6.07, 6.45) is 17.4. The van der Waals surface area contributed by atoms with Gasteiger partial charge in [0.05, 0.1) is 18.7 Å². The lowest BCUT2D eigenvalue weighted by atomic mass is 9.82. The molecule has 0 spiro atoms. The van der Waals surface area contributed by atoms with E-state index in [9.17, 15) is 5.26 Å². The minimum atomic E-state index is -0.939. The van der Waals surface area contributed by atoms with Crippen molar-refractivity contribution >= 4 is 30.5 Å². The van der Waals surface area contributed by atoms with Crippen LogP contribution in [0.3, 0.4) is 0 Å². The zero-order chi connectivity index (χ0) is 27.8. The van der Waals surface area contributed by atoms with E-state index in [1.807, 2.05) is 6.08 Å². The van der Waals surface area contributed by atoms with Crippen LogP contribution < -0.4 is 15.3 Å². The summed E-state index contributed by atoms with van der Waals surface area (Å²) in [5.74, 6) is 0.365. The topological polar surface area (TPSA) is 30.3 Å². The highest BCUT2D eigenvalue weighted by molar-refractivity contribution is 6.88. The summed E-state index contributed by atoms with van der Waals surface area (Å²) in [7, 11) is 1.17. The monoisotopic (exact) mass is 550 g/mol. The third-order valence-corrected chi connectivity index (χ3v) is 12.6. The van der Waals surface area contributed by atoms with E-state index in [1.165, 1.54) is 52.7 Å². The summed E-state index contributed by atoms with van der Waals surface area (Å²) >= 11 is 0. The number of allylic oxidation sites excluding steroid dienone is 5. The van der Waals surface area contributed by atoms with Gasteiger partial charge in [0.2, 0.25) is 0 Å². The van der Waals surface area contributed by atoms with Gasteiger partial charge >= 0.3 is 0 Å². The van der Waals surface area contributed by atoms with Crippen molar-refractivity contribution in [1.82, 2.24) is 4.90 Å². The van der Waals surface area contributed by atoms with Crippen LogP contribution in [0.15, 0.2) is 126 Å². The van der Waals surface area contributed by atoms with Crippen LogP contribution in [0, 0.1) is 11.3 Å². The maximum atomic E-state index is 9.39. The SMILES string of the molecule is CN1CC(C#N)=CC=C1C1=CC(c2ccccc2N2c3ccccc3[Si](c3ccccc3)C3CCC=CC32)CCC1. The van der Waals surface area contributed by atoms with Gasteiger partial charge in [-0.2, -0.15) is 5.26 Å². The first kappa shape index (κ1) is 25.9. The smallest absolute Gasteiger partial charge is 0.129 e. The molecule has 4 heteroatoms. The van der Waals surface area contributed by atoms with Gasteiger partial charge < -0.3 is 9.80 Å². The molecule has 3 atom stereocenters. The second-order valence-corrected chi connectivity index (χ2v) is 14.4. The summed E-state index contributed by atoms with van der Waals surface area (Å²) < 4.78 is 0. The minimum absolute atomic E-state index is 0.364. The first-order valence-corrected chi connectivity index (χ1v) is 16.6. The zero-order valence-corrected chi connectivity index (χ0v) is 24.7. The van der Waals surface area contributed by atoms with E-state index < -0.39 is 8.80 Å². The van der Waals surface area contributed by atoms with E-state index >= 15 is 0 Å². The molecule has 3 unspecified atom stereocenters. The Morgan fingerprint density at radius 3 is 2.49 bits per heavy atom. The summed E-state index contributed by atoms with van der Waals surface area (Å²) in [4.78, 5) is 4.93. The Bertz CT molecular complexity index is 1610. The Hall–Kier alpha value is -4.07. The number of nitriles is 1. The Morgan fingerprint density at radius 2 is 1.66 bits per heavy atom. The number of nitrogens with zero attached hydrogens (tertiary/aromatic N) is 3. The normalized spacial score (nSPS) is 24.0. The van der Waals surface area contributed by atoms with Gasteiger partial charge in [0.1, 0.15) is 8.80 Å². The van der Waals surface area contributed by atoms with Gasteiger partial charge in [-0.05, 0) is 78.3 Å². The molecule has 0 amide bonds. The number of fused-ring (bicyclic) bond motifs is 2. The lowest BCUT2D eigenvalue weighted by Crippen LogP contribution is -2.58. The van der Waals surface area contributed by atoms with Gasteiger partial charge in [0.15, 0.2) is 0 Å². The molecule has 203 valence electrons. The maximum Gasteiger partial charge on any atom is 0.129 e. The second kappa shape index (κ2) is 11.1. The quantitative estimate of drug-likeness (QED) is 0.259. The van der Waals surface area contributed by atoms with Crippen LogP contribution in [0.25, 0.3) is 0 Å². The van der Waals surface area contributed by atoms with E-state index in [2.05, 4.69) is 126 Å². The molecule has 4 aliphatic rings. The fraction of sp³-hybridized carbons (Fsp3) is 0.270. The van der Waals surface area contributed by atoms with Gasteiger partial charge in [0.25, 0.3) is 0 Å². The van der Waals surface area contributed by atoms with Crippen LogP contribution in [0.1, 0.15) is 43.6 Å². The minimum Gasteiger partial charge on any atom is -0.369 e. The summed E-state index contributed by atoms with van der Waals surface area (Å²) in [5.41, 5.74) is 8.29. The number of rotatable bonds is 4. The van der Waals surface area contributed by atoms with Gasteiger partial charge in [-0.1, -0.05) is 90.1 Å². The largest absolute Gasteiger partial charge is 0.369 e. The predicted molar refractivity (Wildman–Crippen MR) is 171 cm³/mol. The molecular weight excluding hydrogens is 515 g/mol. The molecule has 0 aromatic heterocycles. The van der Waals surface area contributed by atoms with Crippen LogP contribution in [-0.4, -0.2) is 33.3 Å². The molecule has 0 saturated heterocycles. The zero-order valence-electron chi connectivity index (χ0n) is 23.7. The van der Waals surface area contributed by atoms with Crippen LogP contribution >= 0.6 is 0 Å². The summed E-state index contributed by atoms with van der Waals surface area (Å²) in [5, 5.41) is 12.5. The molecule has 2 aliphatic heterocycles. The first-order chi connectivity index (χ1) is 20.2. The highest BCUT2D eigenvalue weighted by Crippen LogP contribution is 2.46. The third-order valence-electron chi connectivity index (χ3n) is 9.29. The number of benzene rings is 3. The number of likely N-dealkylation sites (N-methyl/N-ethyl adjacent to an activating group) is 1. The Balaban J connectivity index is 1.33. The molecule has 41 heavy (non-hydrogen) atoms. The maximum absolute atomic E-state index is 9.39. The molecule has 0 bridgehead atoms. The fourth-order valence-corrected chi connectivity index (χ4v) is 11.0. The molecule has 3 aromatic carbocycles. The van der Waals surface area contributed by atoms with E-state index in [0.29, 0.717) is 24.0 Å². The molecule has 0 fully saturated rings. The highest BCUT2D eigenvalue weighted by Gasteiger charge is 2.43. The highest BCUT2D eigenvalue weighted by atomic mass is 28.3. The van der Waals surface area contributed by atoms with Crippen molar-refractivity contribution in [2.75, 3.05) is 18.5 Å². The van der Waals surface area contributed by atoms with Gasteiger partial charge in [0, 0.05) is 35.6 Å². The number of hydrogen-bond donors (Lipinski definition) is 0. The number of anilines is 2. The molecule has 0 saturated carbocycles. The molecule has 1 radical (unpaired) electrons. The van der Waals surface area contributed by atoms with Crippen molar-refractivity contribution in [3.8, 4) is 6.07 Å². The van der Waals surface area contributed by atoms with Crippen molar-refractivity contribution in [3.63, 3.8) is 0 Å². The van der Waals surface area contributed by atoms with E-state index in [4.69, 9.17) is 0 Å². The van der Waals surface area contributed by atoms with Crippen LogP contribution in [0.5, 0.6) is 0 Å². The molecule has 2 aliphatic carbocycles. The van der Waals surface area contributed by atoms with Gasteiger partial charge in [-0.25, -0.2) is 0 Å². The van der Waals surface area contributed by atoms with Gasteiger partial charge in [-0.3, -0.25) is 0 Å². The average molecular weight is 551 g/mol. The second-order valence-electron chi connectivity index (χ2n) is 11.7. The van der Waals surface area contributed by atoms with Gasteiger partial charge in [-0.15, -0.1) is 0 Å². The van der Waals surface area contributed by atoms with Crippen molar-refractivity contribution < 1.29 is 0 Å². The first-order valence-electron chi connectivity index (χ1n) is 15.0. The van der Waals surface area contributed by atoms with Crippen molar-refractivity contribution in [1.29, 1.82) is 5.26 Å². The van der Waals surface area contributed by atoms with Crippen LogP contribution in [-0.2, 0) is 0 Å². The molecule has 3 aromatic rings. The third kappa shape index (κ3) is 4.69.